The van der Waals surface area contributed by atoms with Gasteiger partial charge in [-0.1, -0.05) is 12.1 Å². The number of hydrogen-bond acceptors (Lipinski definition) is 3. The lowest BCUT2D eigenvalue weighted by atomic mass is 10.1. The molecule has 0 fully saturated rings. The predicted molar refractivity (Wildman–Crippen MR) is 67.5 cm³/mol. The van der Waals surface area contributed by atoms with Gasteiger partial charge < -0.3 is 15.8 Å². The Labute approximate surface area is 100 Å². The van der Waals surface area contributed by atoms with Crippen LogP contribution in [0.2, 0.25) is 0 Å². The fraction of sp³-hybridized carbons (Fsp3) is 0.273. The first-order valence-electron chi connectivity index (χ1n) is 5.18. The van der Waals surface area contributed by atoms with Crippen molar-refractivity contribution in [1.82, 2.24) is 10.6 Å². The van der Waals surface area contributed by atoms with E-state index in [4.69, 9.17) is 21.3 Å². The molecule has 0 aliphatic carbocycles. The first-order valence-corrected chi connectivity index (χ1v) is 5.18. The van der Waals surface area contributed by atoms with Crippen LogP contribution in [0.4, 0.5) is 0 Å². The van der Waals surface area contributed by atoms with Gasteiger partial charge in [0, 0.05) is 6.54 Å². The summed E-state index contributed by atoms with van der Waals surface area (Å²) in [6.45, 7) is 0.590. The minimum absolute atomic E-state index is 0.0281. The maximum absolute atomic E-state index is 7.40. The summed E-state index contributed by atoms with van der Waals surface area (Å²) in [5.41, 5.74) is 6.21. The largest absolute Gasteiger partial charge is 0.497 e. The molecule has 92 valence electrons. The summed E-state index contributed by atoms with van der Waals surface area (Å²) in [4.78, 5) is 0. The van der Waals surface area contributed by atoms with Crippen molar-refractivity contribution in [2.75, 3.05) is 13.7 Å². The highest BCUT2D eigenvalue weighted by molar-refractivity contribution is 5.94. The molecule has 0 radical (unpaired) electrons. The van der Waals surface area contributed by atoms with E-state index in [1.54, 1.807) is 7.11 Å². The highest BCUT2D eigenvalue weighted by Crippen LogP contribution is 2.12. The third-order valence-corrected chi connectivity index (χ3v) is 2.11. The number of hydrogen-bond donors (Lipinski definition) is 5. The van der Waals surface area contributed by atoms with Crippen LogP contribution in [-0.2, 0) is 6.42 Å². The van der Waals surface area contributed by atoms with Gasteiger partial charge in [0.1, 0.15) is 5.75 Å². The number of benzene rings is 1. The van der Waals surface area contributed by atoms with Gasteiger partial charge in [0.2, 0.25) is 0 Å². The number of ether oxygens (including phenoxy) is 1. The predicted octanol–water partition coefficient (Wildman–Crippen LogP) is 0.245. The number of rotatable bonds is 4. The van der Waals surface area contributed by atoms with Gasteiger partial charge in [-0.05, 0) is 24.1 Å². The molecule has 1 aromatic carbocycles. The molecule has 0 unspecified atom stereocenters. The first-order chi connectivity index (χ1) is 8.11. The molecular weight excluding hydrogens is 218 g/mol. The van der Waals surface area contributed by atoms with Crippen molar-refractivity contribution in [3.05, 3.63) is 29.8 Å². The van der Waals surface area contributed by atoms with Crippen LogP contribution in [0.1, 0.15) is 5.56 Å². The Morgan fingerprint density at radius 3 is 2.82 bits per heavy atom. The highest BCUT2D eigenvalue weighted by atomic mass is 16.5. The average molecular weight is 235 g/mol. The van der Waals surface area contributed by atoms with Crippen LogP contribution < -0.4 is 21.1 Å². The van der Waals surface area contributed by atoms with Gasteiger partial charge in [-0.25, -0.2) is 0 Å². The lowest BCUT2D eigenvalue weighted by Gasteiger charge is -2.09. The van der Waals surface area contributed by atoms with Crippen LogP contribution in [0, 0.1) is 10.8 Å². The molecule has 1 rings (SSSR count). The van der Waals surface area contributed by atoms with E-state index in [-0.39, 0.29) is 11.9 Å². The summed E-state index contributed by atoms with van der Waals surface area (Å²) in [5.74, 6) is 0.601. The standard InChI is InChI=1S/C11H17N5O/c1-17-9-4-2-3-8(7-9)5-6-15-11(14)16-10(12)13/h2-4,7H,5-6H2,1H3,(H6,12,13,14,15,16). The summed E-state index contributed by atoms with van der Waals surface area (Å²) < 4.78 is 5.12. The molecular formula is C11H17N5O. The van der Waals surface area contributed by atoms with Gasteiger partial charge in [0.15, 0.2) is 11.9 Å². The SMILES string of the molecule is COc1cccc(CCNC(=N)NC(=N)N)c1. The average Bonchev–Trinajstić information content (AvgIpc) is 2.28. The van der Waals surface area contributed by atoms with Gasteiger partial charge in [-0.2, -0.15) is 0 Å². The van der Waals surface area contributed by atoms with E-state index in [0.717, 1.165) is 17.7 Å². The second-order valence-corrected chi connectivity index (χ2v) is 3.44. The monoisotopic (exact) mass is 235 g/mol. The van der Waals surface area contributed by atoms with E-state index >= 15 is 0 Å². The quantitative estimate of drug-likeness (QED) is 0.381. The van der Waals surface area contributed by atoms with Crippen LogP contribution in [-0.4, -0.2) is 25.6 Å². The summed E-state index contributed by atoms with van der Waals surface area (Å²) in [6.07, 6.45) is 0.763. The lowest BCUT2D eigenvalue weighted by Crippen LogP contribution is -2.43. The van der Waals surface area contributed by atoms with E-state index in [0.29, 0.717) is 6.54 Å². The molecule has 0 saturated carbocycles. The zero-order valence-corrected chi connectivity index (χ0v) is 9.71. The van der Waals surface area contributed by atoms with E-state index < -0.39 is 0 Å². The van der Waals surface area contributed by atoms with E-state index in [9.17, 15) is 0 Å². The van der Waals surface area contributed by atoms with E-state index in [1.807, 2.05) is 24.3 Å². The van der Waals surface area contributed by atoms with Crippen molar-refractivity contribution in [2.45, 2.75) is 6.42 Å². The molecule has 0 heterocycles. The summed E-state index contributed by atoms with van der Waals surface area (Å²) in [7, 11) is 1.63. The minimum atomic E-state index is -0.246. The third-order valence-electron chi connectivity index (χ3n) is 2.11. The van der Waals surface area contributed by atoms with Crippen molar-refractivity contribution in [3.8, 4) is 5.75 Å². The zero-order chi connectivity index (χ0) is 12.7. The second-order valence-electron chi connectivity index (χ2n) is 3.44. The topological polar surface area (TPSA) is 107 Å². The molecule has 0 atom stereocenters. The molecule has 1 aromatic rings. The molecule has 0 aliphatic rings. The molecule has 0 bridgehead atoms. The zero-order valence-electron chi connectivity index (χ0n) is 9.71. The van der Waals surface area contributed by atoms with E-state index in [2.05, 4.69) is 10.6 Å². The fourth-order valence-corrected chi connectivity index (χ4v) is 1.34. The number of nitrogens with one attached hydrogen (secondary N) is 4. The van der Waals surface area contributed by atoms with Crippen molar-refractivity contribution in [3.63, 3.8) is 0 Å². The summed E-state index contributed by atoms with van der Waals surface area (Å²) in [6, 6.07) is 7.75. The normalized spacial score (nSPS) is 9.47. The molecule has 0 spiro atoms. The molecule has 0 aromatic heterocycles. The number of nitrogens with two attached hydrogens (primary N) is 1. The maximum atomic E-state index is 7.40. The number of methoxy groups -OCH3 is 1. The van der Waals surface area contributed by atoms with E-state index in [1.165, 1.54) is 0 Å². The van der Waals surface area contributed by atoms with Crippen molar-refractivity contribution >= 4 is 11.9 Å². The van der Waals surface area contributed by atoms with Crippen LogP contribution >= 0.6 is 0 Å². The smallest absolute Gasteiger partial charge is 0.195 e. The van der Waals surface area contributed by atoms with Crippen LogP contribution in [0.15, 0.2) is 24.3 Å². The lowest BCUT2D eigenvalue weighted by molar-refractivity contribution is 0.414. The van der Waals surface area contributed by atoms with Crippen LogP contribution in [0.5, 0.6) is 5.75 Å². The summed E-state index contributed by atoms with van der Waals surface area (Å²) >= 11 is 0. The molecule has 0 amide bonds. The fourth-order valence-electron chi connectivity index (χ4n) is 1.34. The minimum Gasteiger partial charge on any atom is -0.497 e. The molecule has 0 aliphatic heterocycles. The first kappa shape index (κ1) is 12.8. The highest BCUT2D eigenvalue weighted by Gasteiger charge is 1.98. The van der Waals surface area contributed by atoms with Gasteiger partial charge >= 0.3 is 0 Å². The van der Waals surface area contributed by atoms with Crippen molar-refractivity contribution in [1.29, 1.82) is 10.8 Å². The Kier molecular flexibility index (Phi) is 4.80. The van der Waals surface area contributed by atoms with Gasteiger partial charge in [0.25, 0.3) is 0 Å². The van der Waals surface area contributed by atoms with Gasteiger partial charge in [-0.3, -0.25) is 16.1 Å². The summed E-state index contributed by atoms with van der Waals surface area (Å²) in [5, 5.41) is 19.5. The van der Waals surface area contributed by atoms with Crippen LogP contribution in [0.3, 0.4) is 0 Å². The third kappa shape index (κ3) is 4.87. The Bertz CT molecular complexity index is 405. The molecule has 6 heteroatoms. The Morgan fingerprint density at radius 2 is 2.18 bits per heavy atom. The molecule has 0 saturated heterocycles. The molecule has 17 heavy (non-hydrogen) atoms. The molecule has 6 N–H and O–H groups in total. The Hall–Kier alpha value is -2.24. The van der Waals surface area contributed by atoms with Crippen molar-refractivity contribution in [2.24, 2.45) is 5.73 Å². The molecule has 6 nitrogen and oxygen atoms in total. The Balaban J connectivity index is 2.35. The van der Waals surface area contributed by atoms with Crippen molar-refractivity contribution < 1.29 is 4.74 Å². The second kappa shape index (κ2) is 6.37. The maximum Gasteiger partial charge on any atom is 0.195 e. The van der Waals surface area contributed by atoms with Gasteiger partial charge in [-0.15, -0.1) is 0 Å². The number of guanidine groups is 2. The Morgan fingerprint density at radius 1 is 1.41 bits per heavy atom. The van der Waals surface area contributed by atoms with Gasteiger partial charge in [0.05, 0.1) is 7.11 Å². The van der Waals surface area contributed by atoms with Crippen LogP contribution in [0.25, 0.3) is 0 Å².